The van der Waals surface area contributed by atoms with Gasteiger partial charge in [-0.25, -0.2) is 0 Å². The van der Waals surface area contributed by atoms with Crippen LogP contribution in [0.2, 0.25) is 5.02 Å². The smallest absolute Gasteiger partial charge is 0.222 e. The molecule has 1 N–H and O–H groups in total. The molecular weight excluding hydrogens is 236 g/mol. The second-order valence-corrected chi connectivity index (χ2v) is 4.59. The molecule has 92 valence electrons. The molecule has 1 unspecified atom stereocenters. The number of carbonyl (C=O) groups is 1. The number of carbonyl (C=O) groups excluding carboxylic acids is 1. The number of nitrogens with zero attached hydrogens (tertiary/aromatic N) is 1. The summed E-state index contributed by atoms with van der Waals surface area (Å²) in [4.78, 5) is 13.8. The van der Waals surface area contributed by atoms with Crippen LogP contribution in [0.1, 0.15) is 24.9 Å². The Bertz CT molecular complexity index is 408. The van der Waals surface area contributed by atoms with E-state index < -0.39 is 0 Å². The third-order valence-electron chi connectivity index (χ3n) is 3.13. The Morgan fingerprint density at radius 2 is 2.29 bits per heavy atom. The molecule has 1 atom stereocenters. The third kappa shape index (κ3) is 2.61. The summed E-state index contributed by atoms with van der Waals surface area (Å²) < 4.78 is 0. The minimum atomic E-state index is 0.0601. The molecule has 0 bridgehead atoms. The highest BCUT2D eigenvalue weighted by molar-refractivity contribution is 6.31. The minimum Gasteiger partial charge on any atom is -0.333 e. The monoisotopic (exact) mass is 252 g/mol. The van der Waals surface area contributed by atoms with E-state index in [1.54, 1.807) is 0 Å². The van der Waals surface area contributed by atoms with Gasteiger partial charge in [0, 0.05) is 31.1 Å². The normalized spacial score (nSPS) is 20.4. The van der Waals surface area contributed by atoms with Crippen molar-refractivity contribution in [3.8, 4) is 0 Å². The van der Waals surface area contributed by atoms with E-state index in [4.69, 9.17) is 11.6 Å². The molecule has 1 fully saturated rings. The van der Waals surface area contributed by atoms with Crippen molar-refractivity contribution in [2.75, 3.05) is 19.6 Å². The Morgan fingerprint density at radius 1 is 1.53 bits per heavy atom. The van der Waals surface area contributed by atoms with Crippen LogP contribution >= 0.6 is 11.6 Å². The van der Waals surface area contributed by atoms with Crippen molar-refractivity contribution in [3.05, 3.63) is 34.9 Å². The lowest BCUT2D eigenvalue weighted by Crippen LogP contribution is -2.48. The van der Waals surface area contributed by atoms with E-state index in [2.05, 4.69) is 5.32 Å². The molecular formula is C13H17ClN2O. The molecule has 0 saturated carbocycles. The summed E-state index contributed by atoms with van der Waals surface area (Å²) in [6, 6.07) is 7.80. The van der Waals surface area contributed by atoms with Gasteiger partial charge in [0.25, 0.3) is 0 Å². The van der Waals surface area contributed by atoms with E-state index in [1.165, 1.54) is 0 Å². The fourth-order valence-corrected chi connectivity index (χ4v) is 2.49. The van der Waals surface area contributed by atoms with Gasteiger partial charge in [-0.1, -0.05) is 36.7 Å². The maximum absolute atomic E-state index is 11.9. The van der Waals surface area contributed by atoms with Gasteiger partial charge in [-0.3, -0.25) is 4.79 Å². The van der Waals surface area contributed by atoms with Gasteiger partial charge in [0.15, 0.2) is 0 Å². The van der Waals surface area contributed by atoms with Crippen molar-refractivity contribution in [2.45, 2.75) is 19.4 Å². The topological polar surface area (TPSA) is 32.3 Å². The molecule has 0 aliphatic carbocycles. The molecule has 1 aliphatic heterocycles. The average Bonchev–Trinajstić information content (AvgIpc) is 2.38. The molecule has 2 rings (SSSR count). The first-order valence-corrected chi connectivity index (χ1v) is 6.36. The molecule has 1 heterocycles. The highest BCUT2D eigenvalue weighted by atomic mass is 35.5. The van der Waals surface area contributed by atoms with Crippen molar-refractivity contribution in [1.82, 2.24) is 10.2 Å². The number of rotatable bonds is 2. The molecule has 1 aliphatic rings. The Kier molecular flexibility index (Phi) is 4.02. The van der Waals surface area contributed by atoms with Gasteiger partial charge in [-0.15, -0.1) is 0 Å². The Hall–Kier alpha value is -1.06. The van der Waals surface area contributed by atoms with Gasteiger partial charge in [0.1, 0.15) is 0 Å². The van der Waals surface area contributed by atoms with Gasteiger partial charge in [0.05, 0.1) is 6.04 Å². The predicted molar refractivity (Wildman–Crippen MR) is 69.1 cm³/mol. The van der Waals surface area contributed by atoms with Crippen molar-refractivity contribution in [1.29, 1.82) is 0 Å². The number of hydrogen-bond donors (Lipinski definition) is 1. The molecule has 1 saturated heterocycles. The fourth-order valence-electron chi connectivity index (χ4n) is 2.23. The summed E-state index contributed by atoms with van der Waals surface area (Å²) in [6.45, 7) is 4.28. The molecule has 0 spiro atoms. The van der Waals surface area contributed by atoms with Crippen LogP contribution in [0.15, 0.2) is 24.3 Å². The largest absolute Gasteiger partial charge is 0.333 e. The predicted octanol–water partition coefficient (Wildman–Crippen LogP) is 2.22. The molecule has 0 radical (unpaired) electrons. The first-order chi connectivity index (χ1) is 8.24. The van der Waals surface area contributed by atoms with Crippen LogP contribution in [0.4, 0.5) is 0 Å². The van der Waals surface area contributed by atoms with Crippen molar-refractivity contribution in [3.63, 3.8) is 0 Å². The molecule has 17 heavy (non-hydrogen) atoms. The van der Waals surface area contributed by atoms with Crippen molar-refractivity contribution >= 4 is 17.5 Å². The van der Waals surface area contributed by atoms with Gasteiger partial charge in [-0.2, -0.15) is 0 Å². The summed E-state index contributed by atoms with van der Waals surface area (Å²) in [7, 11) is 0. The zero-order valence-corrected chi connectivity index (χ0v) is 10.7. The van der Waals surface area contributed by atoms with Crippen molar-refractivity contribution < 1.29 is 4.79 Å². The van der Waals surface area contributed by atoms with E-state index in [0.29, 0.717) is 6.42 Å². The second-order valence-electron chi connectivity index (χ2n) is 4.18. The molecule has 3 nitrogen and oxygen atoms in total. The molecule has 0 aromatic heterocycles. The second kappa shape index (κ2) is 5.52. The number of halogens is 1. The van der Waals surface area contributed by atoms with Crippen LogP contribution < -0.4 is 5.32 Å². The van der Waals surface area contributed by atoms with Gasteiger partial charge < -0.3 is 10.2 Å². The summed E-state index contributed by atoms with van der Waals surface area (Å²) in [6.07, 6.45) is 0.543. The highest BCUT2D eigenvalue weighted by Crippen LogP contribution is 2.28. The van der Waals surface area contributed by atoms with E-state index in [-0.39, 0.29) is 11.9 Å². The Morgan fingerprint density at radius 3 is 3.00 bits per heavy atom. The Balaban J connectivity index is 2.28. The molecule has 1 aromatic carbocycles. The van der Waals surface area contributed by atoms with E-state index in [9.17, 15) is 4.79 Å². The molecule has 1 aromatic rings. The summed E-state index contributed by atoms with van der Waals surface area (Å²) in [5.74, 6) is 0.191. The van der Waals surface area contributed by atoms with Crippen LogP contribution in [-0.4, -0.2) is 30.4 Å². The number of hydrogen-bond acceptors (Lipinski definition) is 2. The van der Waals surface area contributed by atoms with Crippen LogP contribution in [0.25, 0.3) is 0 Å². The highest BCUT2D eigenvalue weighted by Gasteiger charge is 2.27. The van der Waals surface area contributed by atoms with Crippen LogP contribution in [0, 0.1) is 0 Å². The van der Waals surface area contributed by atoms with Gasteiger partial charge in [-0.05, 0) is 11.6 Å². The maximum atomic E-state index is 11.9. The summed E-state index contributed by atoms with van der Waals surface area (Å²) >= 11 is 6.21. The first-order valence-electron chi connectivity index (χ1n) is 5.98. The lowest BCUT2D eigenvalue weighted by Gasteiger charge is -2.36. The number of benzene rings is 1. The summed E-state index contributed by atoms with van der Waals surface area (Å²) in [5.41, 5.74) is 1.03. The van der Waals surface area contributed by atoms with E-state index in [1.807, 2.05) is 36.1 Å². The Labute approximate surface area is 107 Å². The summed E-state index contributed by atoms with van der Waals surface area (Å²) in [5, 5.41) is 4.05. The number of piperazine rings is 1. The lowest BCUT2D eigenvalue weighted by molar-refractivity contribution is -0.134. The quantitative estimate of drug-likeness (QED) is 0.876. The van der Waals surface area contributed by atoms with Crippen LogP contribution in [0.3, 0.4) is 0 Å². The van der Waals surface area contributed by atoms with Crippen LogP contribution in [-0.2, 0) is 4.79 Å². The lowest BCUT2D eigenvalue weighted by atomic mass is 10.0. The van der Waals surface area contributed by atoms with Gasteiger partial charge >= 0.3 is 0 Å². The average molecular weight is 253 g/mol. The zero-order chi connectivity index (χ0) is 12.3. The first kappa shape index (κ1) is 12.4. The third-order valence-corrected chi connectivity index (χ3v) is 3.47. The maximum Gasteiger partial charge on any atom is 0.222 e. The molecule has 1 amide bonds. The van der Waals surface area contributed by atoms with E-state index in [0.717, 1.165) is 30.2 Å². The molecule has 4 heteroatoms. The standard InChI is InChI=1S/C13H17ClN2O/c1-2-13(17)16-8-7-15-9-12(16)10-5-3-4-6-11(10)14/h3-6,12,15H,2,7-9H2,1H3. The zero-order valence-electron chi connectivity index (χ0n) is 9.95. The van der Waals surface area contributed by atoms with Crippen LogP contribution in [0.5, 0.6) is 0 Å². The SMILES string of the molecule is CCC(=O)N1CCNCC1c1ccccc1Cl. The fraction of sp³-hybridized carbons (Fsp3) is 0.462. The minimum absolute atomic E-state index is 0.0601. The van der Waals surface area contributed by atoms with Gasteiger partial charge in [0.2, 0.25) is 5.91 Å². The van der Waals surface area contributed by atoms with Crippen molar-refractivity contribution in [2.24, 2.45) is 0 Å². The van der Waals surface area contributed by atoms with E-state index >= 15 is 0 Å². The number of amides is 1. The number of nitrogens with one attached hydrogen (secondary N) is 1.